The molecule has 0 saturated heterocycles. The maximum Gasteiger partial charge on any atom is 0.149 e. The van der Waals surface area contributed by atoms with E-state index < -0.39 is 11.9 Å². The number of rotatable bonds is 2. The summed E-state index contributed by atoms with van der Waals surface area (Å²) in [4.78, 5) is 36.1. The lowest BCUT2D eigenvalue weighted by atomic mass is 9.95. The fraction of sp³-hybridized carbons (Fsp3) is 0.0909. The Balaban J connectivity index is 1.74. The average Bonchev–Trinajstić information content (AvgIpc) is 3.47. The largest absolute Gasteiger partial charge is 0.369 e. The second kappa shape index (κ2) is 6.13. The predicted molar refractivity (Wildman–Crippen MR) is 108 cm³/mol. The molecule has 1 aromatic heterocycles. The number of aldehydes is 2. The van der Waals surface area contributed by atoms with Crippen molar-refractivity contribution in [2.45, 2.75) is 11.9 Å². The predicted octanol–water partition coefficient (Wildman–Crippen LogP) is 0.763. The van der Waals surface area contributed by atoms with Crippen LogP contribution in [0.5, 0.6) is 0 Å². The summed E-state index contributed by atoms with van der Waals surface area (Å²) >= 11 is 0. The molecule has 1 aromatic rings. The highest BCUT2D eigenvalue weighted by Gasteiger charge is 2.36. The highest BCUT2D eigenvalue weighted by Crippen LogP contribution is 2.30. The number of hydrogen-bond donors (Lipinski definition) is 2. The Hall–Kier alpha value is -3.80. The van der Waals surface area contributed by atoms with Crippen molar-refractivity contribution >= 4 is 36.1 Å². The van der Waals surface area contributed by atoms with E-state index in [1.807, 2.05) is 42.5 Å². The summed E-state index contributed by atoms with van der Waals surface area (Å²) in [6.07, 6.45) is 14.6. The van der Waals surface area contributed by atoms with Gasteiger partial charge in [0.15, 0.2) is 0 Å². The maximum atomic E-state index is 12.0. The van der Waals surface area contributed by atoms with Gasteiger partial charge in [0.1, 0.15) is 18.1 Å². The van der Waals surface area contributed by atoms with Crippen LogP contribution in [0.25, 0.3) is 12.2 Å². The van der Waals surface area contributed by atoms with E-state index in [4.69, 9.17) is 1.37 Å². The van der Waals surface area contributed by atoms with E-state index in [2.05, 4.69) is 20.3 Å². The first-order chi connectivity index (χ1) is 14.1. The van der Waals surface area contributed by atoms with E-state index in [0.717, 1.165) is 22.1 Å². The minimum Gasteiger partial charge on any atom is -0.369 e. The van der Waals surface area contributed by atoms with E-state index in [-0.39, 0.29) is 5.57 Å². The Morgan fingerprint density at radius 1 is 0.964 bits per heavy atom. The molecule has 2 unspecified atom stereocenters. The van der Waals surface area contributed by atoms with E-state index in [9.17, 15) is 9.59 Å². The molecule has 6 heteroatoms. The van der Waals surface area contributed by atoms with Crippen LogP contribution in [-0.2, 0) is 9.59 Å². The average molecular weight is 369 g/mol. The van der Waals surface area contributed by atoms with Gasteiger partial charge in [-0.3, -0.25) is 4.79 Å². The van der Waals surface area contributed by atoms with E-state index >= 15 is 0 Å². The lowest BCUT2D eigenvalue weighted by molar-refractivity contribution is -0.111. The number of aromatic nitrogens is 1. The van der Waals surface area contributed by atoms with E-state index in [1.165, 1.54) is 0 Å². The van der Waals surface area contributed by atoms with Crippen LogP contribution in [-0.4, -0.2) is 34.5 Å². The molecule has 6 nitrogen and oxygen atoms in total. The molecule has 0 radical (unpaired) electrons. The van der Waals surface area contributed by atoms with Gasteiger partial charge in [0.2, 0.25) is 0 Å². The first-order valence-electron chi connectivity index (χ1n) is 9.39. The maximum absolute atomic E-state index is 12.0. The molecular formula is C22H16N4O2. The zero-order valence-corrected chi connectivity index (χ0v) is 14.7. The van der Waals surface area contributed by atoms with Crippen molar-refractivity contribution in [3.63, 3.8) is 0 Å². The molecule has 0 saturated carbocycles. The third-order valence-corrected chi connectivity index (χ3v) is 4.76. The molecule has 4 aliphatic rings. The van der Waals surface area contributed by atoms with Crippen molar-refractivity contribution in [1.82, 2.24) is 10.3 Å². The Morgan fingerprint density at radius 2 is 1.64 bits per heavy atom. The molecule has 5 rings (SSSR count). The van der Waals surface area contributed by atoms with Crippen molar-refractivity contribution in [3.05, 3.63) is 82.0 Å². The Bertz CT molecular complexity index is 1290. The molecule has 0 spiro atoms. The summed E-state index contributed by atoms with van der Waals surface area (Å²) in [6, 6.07) is 3.91. The monoisotopic (exact) mass is 369 g/mol. The number of aromatic amines is 1. The molecule has 2 N–H and O–H groups in total. The number of fused-ring (bicyclic) bond motifs is 6. The van der Waals surface area contributed by atoms with Crippen molar-refractivity contribution in [2.24, 2.45) is 9.98 Å². The third kappa shape index (κ3) is 2.85. The zero-order chi connectivity index (χ0) is 20.0. The van der Waals surface area contributed by atoms with Gasteiger partial charge in [-0.15, -0.1) is 0 Å². The molecule has 0 aliphatic carbocycles. The molecule has 5 heterocycles. The topological polar surface area (TPSA) is 86.7 Å². The Labute approximate surface area is 161 Å². The second-order valence-electron chi connectivity index (χ2n) is 6.84. The van der Waals surface area contributed by atoms with Crippen molar-refractivity contribution in [3.8, 4) is 0 Å². The fourth-order valence-electron chi connectivity index (χ4n) is 3.49. The minimum absolute atomic E-state index is 0.207. The minimum atomic E-state index is -1.38. The molecule has 136 valence electrons. The highest BCUT2D eigenvalue weighted by atomic mass is 16.1. The van der Waals surface area contributed by atoms with Gasteiger partial charge in [-0.05, 0) is 60.7 Å². The molecule has 0 aromatic carbocycles. The lowest BCUT2D eigenvalue weighted by Gasteiger charge is -2.20. The highest BCUT2D eigenvalue weighted by molar-refractivity contribution is 6.20. The van der Waals surface area contributed by atoms with E-state index in [0.29, 0.717) is 29.7 Å². The molecule has 8 bridgehead atoms. The van der Waals surface area contributed by atoms with Crippen LogP contribution >= 0.6 is 0 Å². The number of allylic oxidation sites excluding steroid dienone is 5. The third-order valence-electron chi connectivity index (χ3n) is 4.76. The summed E-state index contributed by atoms with van der Waals surface area (Å²) in [5.74, 6) is 0. The quantitative estimate of drug-likeness (QED) is 0.755. The summed E-state index contributed by atoms with van der Waals surface area (Å²) < 4.78 is 8.52. The first-order valence-corrected chi connectivity index (χ1v) is 8.81. The van der Waals surface area contributed by atoms with Crippen LogP contribution in [0.15, 0.2) is 81.2 Å². The van der Waals surface area contributed by atoms with Crippen LogP contribution in [0, 0.1) is 0 Å². The summed E-state index contributed by atoms with van der Waals surface area (Å²) in [5, 5.41) is 4.86. The van der Waals surface area contributed by atoms with Crippen LogP contribution in [0.4, 0.5) is 0 Å². The van der Waals surface area contributed by atoms with Gasteiger partial charge in [0.25, 0.3) is 0 Å². The molecule has 28 heavy (non-hydrogen) atoms. The molecule has 4 aliphatic heterocycles. The normalized spacial score (nSPS) is 33.9. The smallest absolute Gasteiger partial charge is 0.149 e. The summed E-state index contributed by atoms with van der Waals surface area (Å²) in [6.45, 7) is 0. The zero-order valence-electron chi connectivity index (χ0n) is 15.7. The van der Waals surface area contributed by atoms with Crippen LogP contribution < -0.4 is 16.0 Å². The van der Waals surface area contributed by atoms with Crippen LogP contribution in [0.1, 0.15) is 7.77 Å². The Kier molecular flexibility index (Phi) is 3.34. The van der Waals surface area contributed by atoms with Gasteiger partial charge in [-0.1, -0.05) is 0 Å². The second-order valence-corrected chi connectivity index (χ2v) is 6.84. The van der Waals surface area contributed by atoms with Crippen LogP contribution in [0.2, 0.25) is 0 Å². The van der Waals surface area contributed by atoms with Crippen molar-refractivity contribution in [1.29, 1.82) is 0 Å². The molecule has 0 amide bonds. The van der Waals surface area contributed by atoms with Gasteiger partial charge in [-0.25, -0.2) is 9.98 Å². The number of hydrogen-bond acceptors (Lipinski definition) is 5. The number of nitrogens with one attached hydrogen (secondary N) is 2. The van der Waals surface area contributed by atoms with Gasteiger partial charge in [0.05, 0.1) is 22.8 Å². The van der Waals surface area contributed by atoms with Gasteiger partial charge < -0.3 is 15.1 Å². The number of carbonyl (C=O) groups excluding carboxylic acids is 2. The standard InChI is InChI=1S/C22H16N4O2/c27-12-14-10-22(13-28)11-20-6-5-18(25-20)8-16-2-1-15(23-16)7-17-3-4-19(24-17)9-21(14)26-22/h1-9,11-13,23,26H,10H2/b15-7-,16-8-,19-9-,20-11-/i10D. The Morgan fingerprint density at radius 3 is 2.32 bits per heavy atom. The van der Waals surface area contributed by atoms with Gasteiger partial charge in [-0.2, -0.15) is 0 Å². The van der Waals surface area contributed by atoms with Gasteiger partial charge in [0, 0.05) is 29.7 Å². The van der Waals surface area contributed by atoms with Crippen molar-refractivity contribution < 1.29 is 11.0 Å². The van der Waals surface area contributed by atoms with E-state index in [1.54, 1.807) is 18.2 Å². The van der Waals surface area contributed by atoms with Gasteiger partial charge >= 0.3 is 0 Å². The first kappa shape index (κ1) is 15.3. The molecular weight excluding hydrogens is 352 g/mol. The number of nitrogens with zero attached hydrogens (tertiary/aromatic N) is 2. The summed E-state index contributed by atoms with van der Waals surface area (Å²) in [7, 11) is 0. The fourth-order valence-corrected chi connectivity index (χ4v) is 3.49. The number of carbonyl (C=O) groups is 2. The number of H-pyrrole nitrogens is 1. The SMILES string of the molecule is [2H]C1C(C=O)=C2/C=C3/C=CC(=N3)/C=c3/cc/c([nH]3)=C/C3=NC(=C\C1(C=O)N2)/C=C3. The lowest BCUT2D eigenvalue weighted by Crippen LogP contribution is -2.40. The number of aliphatic imine (C=N–C) groups is 2. The van der Waals surface area contributed by atoms with Crippen molar-refractivity contribution in [2.75, 3.05) is 0 Å². The molecule has 2 atom stereocenters. The molecule has 0 fully saturated rings. The summed E-state index contributed by atoms with van der Waals surface area (Å²) in [5.41, 5.74) is 1.91. The van der Waals surface area contributed by atoms with Crippen LogP contribution in [0.3, 0.4) is 0 Å².